The summed E-state index contributed by atoms with van der Waals surface area (Å²) in [4.78, 5) is 11.2. The van der Waals surface area contributed by atoms with Gasteiger partial charge in [-0.3, -0.25) is 4.79 Å². The van der Waals surface area contributed by atoms with Gasteiger partial charge >= 0.3 is 0 Å². The fourth-order valence-corrected chi connectivity index (χ4v) is 1.32. The summed E-state index contributed by atoms with van der Waals surface area (Å²) in [5, 5.41) is 2.76. The molecule has 1 atom stereocenters. The summed E-state index contributed by atoms with van der Waals surface area (Å²) in [5.74, 6) is 0.707. The zero-order chi connectivity index (χ0) is 12.0. The second-order valence-electron chi connectivity index (χ2n) is 3.68. The predicted octanol–water partition coefficient (Wildman–Crippen LogP) is 0.701. The van der Waals surface area contributed by atoms with E-state index < -0.39 is 6.04 Å². The van der Waals surface area contributed by atoms with Crippen molar-refractivity contribution in [2.45, 2.75) is 19.4 Å². The summed E-state index contributed by atoms with van der Waals surface area (Å²) in [6, 6.07) is 7.33. The molecular weight excluding hydrogens is 204 g/mol. The van der Waals surface area contributed by atoms with E-state index in [1.54, 1.807) is 14.0 Å². The van der Waals surface area contributed by atoms with Crippen molar-refractivity contribution in [2.75, 3.05) is 13.7 Å². The highest BCUT2D eigenvalue weighted by molar-refractivity contribution is 5.80. The fourth-order valence-electron chi connectivity index (χ4n) is 1.32. The number of methoxy groups -OCH3 is 1. The zero-order valence-electron chi connectivity index (χ0n) is 9.69. The number of amides is 1. The molecule has 0 saturated heterocycles. The smallest absolute Gasteiger partial charge is 0.236 e. The van der Waals surface area contributed by atoms with E-state index in [1.165, 1.54) is 0 Å². The van der Waals surface area contributed by atoms with Crippen LogP contribution in [0.2, 0.25) is 0 Å². The molecule has 1 rings (SSSR count). The van der Waals surface area contributed by atoms with E-state index in [1.807, 2.05) is 24.3 Å². The Balaban J connectivity index is 2.40. The molecule has 16 heavy (non-hydrogen) atoms. The van der Waals surface area contributed by atoms with Crippen molar-refractivity contribution in [3.63, 3.8) is 0 Å². The lowest BCUT2D eigenvalue weighted by atomic mass is 10.1. The molecule has 0 spiro atoms. The number of carbonyl (C=O) groups excluding carboxylic acids is 1. The van der Waals surface area contributed by atoms with Crippen LogP contribution >= 0.6 is 0 Å². The Morgan fingerprint density at radius 1 is 1.56 bits per heavy atom. The first-order valence-electron chi connectivity index (χ1n) is 5.29. The average Bonchev–Trinajstić information content (AvgIpc) is 2.29. The maximum atomic E-state index is 11.2. The third-order valence-corrected chi connectivity index (χ3v) is 2.26. The van der Waals surface area contributed by atoms with E-state index in [0.29, 0.717) is 6.54 Å². The second-order valence-corrected chi connectivity index (χ2v) is 3.68. The highest BCUT2D eigenvalue weighted by atomic mass is 16.5. The van der Waals surface area contributed by atoms with Gasteiger partial charge in [0.1, 0.15) is 5.75 Å². The van der Waals surface area contributed by atoms with Crippen LogP contribution < -0.4 is 15.8 Å². The van der Waals surface area contributed by atoms with Crippen LogP contribution in [0, 0.1) is 0 Å². The number of ether oxygens (including phenoxy) is 1. The van der Waals surface area contributed by atoms with Crippen LogP contribution in [-0.4, -0.2) is 25.6 Å². The van der Waals surface area contributed by atoms with Crippen LogP contribution in [0.25, 0.3) is 0 Å². The van der Waals surface area contributed by atoms with E-state index in [4.69, 9.17) is 10.5 Å². The topological polar surface area (TPSA) is 64.3 Å². The molecule has 88 valence electrons. The van der Waals surface area contributed by atoms with Gasteiger partial charge in [0.25, 0.3) is 0 Å². The number of carbonyl (C=O) groups is 1. The lowest BCUT2D eigenvalue weighted by molar-refractivity contribution is -0.121. The van der Waals surface area contributed by atoms with Crippen LogP contribution in [0.1, 0.15) is 12.5 Å². The van der Waals surface area contributed by atoms with Crippen molar-refractivity contribution in [1.82, 2.24) is 5.32 Å². The zero-order valence-corrected chi connectivity index (χ0v) is 9.69. The molecule has 0 aliphatic carbocycles. The molecule has 4 heteroatoms. The van der Waals surface area contributed by atoms with Gasteiger partial charge < -0.3 is 15.8 Å². The van der Waals surface area contributed by atoms with E-state index in [-0.39, 0.29) is 5.91 Å². The van der Waals surface area contributed by atoms with Crippen LogP contribution in [-0.2, 0) is 11.2 Å². The van der Waals surface area contributed by atoms with Crippen molar-refractivity contribution in [2.24, 2.45) is 5.73 Å². The minimum absolute atomic E-state index is 0.122. The standard InChI is InChI=1S/C12H18N2O2/c1-9(13)12(15)14-7-6-10-4-3-5-11(8-10)16-2/h3-5,8-9H,6-7,13H2,1-2H3,(H,14,15). The SMILES string of the molecule is COc1cccc(CCNC(=O)C(C)N)c1. The Kier molecular flexibility index (Phi) is 4.79. The van der Waals surface area contributed by atoms with Crippen LogP contribution in [0.5, 0.6) is 5.75 Å². The molecule has 0 aliphatic rings. The van der Waals surface area contributed by atoms with Crippen molar-refractivity contribution in [1.29, 1.82) is 0 Å². The summed E-state index contributed by atoms with van der Waals surface area (Å²) < 4.78 is 5.11. The van der Waals surface area contributed by atoms with E-state index in [9.17, 15) is 4.79 Å². The maximum absolute atomic E-state index is 11.2. The van der Waals surface area contributed by atoms with Crippen LogP contribution in [0.3, 0.4) is 0 Å². The van der Waals surface area contributed by atoms with Crippen molar-refractivity contribution >= 4 is 5.91 Å². The van der Waals surface area contributed by atoms with Gasteiger partial charge in [0, 0.05) is 6.54 Å². The summed E-state index contributed by atoms with van der Waals surface area (Å²) >= 11 is 0. The molecule has 1 aromatic rings. The van der Waals surface area contributed by atoms with Gasteiger partial charge in [0.05, 0.1) is 13.2 Å². The average molecular weight is 222 g/mol. The molecule has 1 unspecified atom stereocenters. The normalized spacial score (nSPS) is 11.9. The fraction of sp³-hybridized carbons (Fsp3) is 0.417. The molecule has 4 nitrogen and oxygen atoms in total. The molecule has 0 heterocycles. The molecule has 0 saturated carbocycles. The summed E-state index contributed by atoms with van der Waals surface area (Å²) in [7, 11) is 1.64. The van der Waals surface area contributed by atoms with Gasteiger partial charge in [-0.25, -0.2) is 0 Å². The molecule has 3 N–H and O–H groups in total. The second kappa shape index (κ2) is 6.12. The van der Waals surface area contributed by atoms with E-state index in [0.717, 1.165) is 17.7 Å². The molecule has 0 bridgehead atoms. The molecule has 1 aromatic carbocycles. The third-order valence-electron chi connectivity index (χ3n) is 2.26. The Morgan fingerprint density at radius 2 is 2.31 bits per heavy atom. The highest BCUT2D eigenvalue weighted by Gasteiger charge is 2.05. The Hall–Kier alpha value is -1.55. The quantitative estimate of drug-likeness (QED) is 0.771. The molecule has 0 aliphatic heterocycles. The molecule has 0 aromatic heterocycles. The number of rotatable bonds is 5. The molecule has 0 radical (unpaired) electrons. The van der Waals surface area contributed by atoms with Crippen molar-refractivity contribution in [3.05, 3.63) is 29.8 Å². The van der Waals surface area contributed by atoms with Crippen molar-refractivity contribution in [3.8, 4) is 5.75 Å². The first-order chi connectivity index (χ1) is 7.63. The monoisotopic (exact) mass is 222 g/mol. The third kappa shape index (κ3) is 3.90. The van der Waals surface area contributed by atoms with Gasteiger partial charge in [-0.2, -0.15) is 0 Å². The van der Waals surface area contributed by atoms with Gasteiger partial charge in [-0.05, 0) is 31.0 Å². The van der Waals surface area contributed by atoms with Crippen LogP contribution in [0.4, 0.5) is 0 Å². The maximum Gasteiger partial charge on any atom is 0.236 e. The highest BCUT2D eigenvalue weighted by Crippen LogP contribution is 2.12. The Labute approximate surface area is 95.8 Å². The minimum Gasteiger partial charge on any atom is -0.497 e. The number of nitrogens with one attached hydrogen (secondary N) is 1. The molecule has 1 amide bonds. The number of hydrogen-bond acceptors (Lipinski definition) is 3. The minimum atomic E-state index is -0.453. The number of nitrogens with two attached hydrogens (primary N) is 1. The van der Waals surface area contributed by atoms with Crippen molar-refractivity contribution < 1.29 is 9.53 Å². The van der Waals surface area contributed by atoms with E-state index >= 15 is 0 Å². The number of benzene rings is 1. The number of hydrogen-bond donors (Lipinski definition) is 2. The summed E-state index contributed by atoms with van der Waals surface area (Å²) in [6.45, 7) is 2.26. The van der Waals surface area contributed by atoms with Crippen LogP contribution in [0.15, 0.2) is 24.3 Å². The van der Waals surface area contributed by atoms with Gasteiger partial charge in [0.2, 0.25) is 5.91 Å². The lowest BCUT2D eigenvalue weighted by Crippen LogP contribution is -2.39. The van der Waals surface area contributed by atoms with Gasteiger partial charge in [0.15, 0.2) is 0 Å². The van der Waals surface area contributed by atoms with E-state index in [2.05, 4.69) is 5.32 Å². The van der Waals surface area contributed by atoms with Gasteiger partial charge in [-0.1, -0.05) is 12.1 Å². The largest absolute Gasteiger partial charge is 0.497 e. The summed E-state index contributed by atoms with van der Waals surface area (Å²) in [6.07, 6.45) is 0.773. The predicted molar refractivity (Wildman–Crippen MR) is 63.4 cm³/mol. The first-order valence-corrected chi connectivity index (χ1v) is 5.29. The Morgan fingerprint density at radius 3 is 2.94 bits per heavy atom. The summed E-state index contributed by atoms with van der Waals surface area (Å²) in [5.41, 5.74) is 6.56. The molecule has 0 fully saturated rings. The molecular formula is C12H18N2O2. The lowest BCUT2D eigenvalue weighted by Gasteiger charge is -2.08. The Bertz CT molecular complexity index is 351. The first kappa shape index (κ1) is 12.5. The van der Waals surface area contributed by atoms with Gasteiger partial charge in [-0.15, -0.1) is 0 Å².